The SMILES string of the molecule is COc1cc(Br)[c]cc1O. The van der Waals surface area contributed by atoms with Crippen molar-refractivity contribution in [2.45, 2.75) is 0 Å². The van der Waals surface area contributed by atoms with E-state index in [9.17, 15) is 0 Å². The van der Waals surface area contributed by atoms with Gasteiger partial charge in [-0.1, -0.05) is 15.9 Å². The lowest BCUT2D eigenvalue weighted by Crippen LogP contribution is -1.82. The molecule has 0 saturated carbocycles. The number of phenols is 1. The Morgan fingerprint density at radius 2 is 2.40 bits per heavy atom. The van der Waals surface area contributed by atoms with Gasteiger partial charge >= 0.3 is 0 Å². The van der Waals surface area contributed by atoms with Crippen LogP contribution in [0.4, 0.5) is 0 Å². The van der Waals surface area contributed by atoms with E-state index >= 15 is 0 Å². The van der Waals surface area contributed by atoms with E-state index < -0.39 is 0 Å². The van der Waals surface area contributed by atoms with Gasteiger partial charge in [-0.3, -0.25) is 0 Å². The van der Waals surface area contributed by atoms with Crippen LogP contribution in [-0.4, -0.2) is 12.2 Å². The molecular weight excluding hydrogens is 196 g/mol. The molecular formula is C7H6BrO2. The molecule has 0 atom stereocenters. The lowest BCUT2D eigenvalue weighted by atomic mass is 10.3. The van der Waals surface area contributed by atoms with Crippen LogP contribution in [0.25, 0.3) is 0 Å². The molecule has 0 aliphatic heterocycles. The van der Waals surface area contributed by atoms with Crippen molar-refractivity contribution < 1.29 is 9.84 Å². The molecule has 1 N–H and O–H groups in total. The van der Waals surface area contributed by atoms with Crippen molar-refractivity contribution >= 4 is 15.9 Å². The first-order valence-electron chi connectivity index (χ1n) is 2.68. The van der Waals surface area contributed by atoms with E-state index in [2.05, 4.69) is 22.0 Å². The number of ether oxygens (including phenoxy) is 1. The maximum atomic E-state index is 9.06. The summed E-state index contributed by atoms with van der Waals surface area (Å²) in [5, 5.41) is 9.06. The molecule has 0 aliphatic rings. The zero-order chi connectivity index (χ0) is 7.56. The Labute approximate surface area is 67.6 Å². The van der Waals surface area contributed by atoms with E-state index in [1.807, 2.05) is 0 Å². The summed E-state index contributed by atoms with van der Waals surface area (Å²) >= 11 is 3.19. The molecule has 3 heteroatoms. The van der Waals surface area contributed by atoms with Crippen LogP contribution in [0.5, 0.6) is 11.5 Å². The Balaban J connectivity index is 3.09. The molecule has 0 fully saturated rings. The van der Waals surface area contributed by atoms with Gasteiger partial charge in [-0.15, -0.1) is 0 Å². The molecule has 0 saturated heterocycles. The monoisotopic (exact) mass is 201 g/mol. The molecule has 0 heterocycles. The fourth-order valence-electron chi connectivity index (χ4n) is 0.603. The van der Waals surface area contributed by atoms with E-state index in [4.69, 9.17) is 9.84 Å². The molecule has 0 bridgehead atoms. The molecule has 53 valence electrons. The molecule has 1 radical (unpaired) electrons. The van der Waals surface area contributed by atoms with E-state index in [0.717, 1.165) is 4.47 Å². The van der Waals surface area contributed by atoms with Crippen LogP contribution in [0.1, 0.15) is 0 Å². The van der Waals surface area contributed by atoms with E-state index in [0.29, 0.717) is 5.75 Å². The predicted molar refractivity (Wildman–Crippen MR) is 41.2 cm³/mol. The zero-order valence-electron chi connectivity index (χ0n) is 5.39. The zero-order valence-corrected chi connectivity index (χ0v) is 6.97. The van der Waals surface area contributed by atoms with Crippen molar-refractivity contribution in [3.63, 3.8) is 0 Å². The maximum absolute atomic E-state index is 9.06. The third-order valence-electron chi connectivity index (χ3n) is 1.08. The van der Waals surface area contributed by atoms with Crippen LogP contribution >= 0.6 is 15.9 Å². The van der Waals surface area contributed by atoms with E-state index in [1.165, 1.54) is 13.2 Å². The number of aromatic hydroxyl groups is 1. The number of hydrogen-bond donors (Lipinski definition) is 1. The van der Waals surface area contributed by atoms with Gasteiger partial charge in [0.15, 0.2) is 11.5 Å². The number of methoxy groups -OCH3 is 1. The molecule has 0 aromatic heterocycles. The van der Waals surface area contributed by atoms with Crippen LogP contribution in [0.15, 0.2) is 16.6 Å². The van der Waals surface area contributed by atoms with Crippen molar-refractivity contribution in [2.24, 2.45) is 0 Å². The van der Waals surface area contributed by atoms with Gasteiger partial charge in [0, 0.05) is 10.5 Å². The summed E-state index contributed by atoms with van der Waals surface area (Å²) in [5.41, 5.74) is 0. The summed E-state index contributed by atoms with van der Waals surface area (Å²) in [6.45, 7) is 0. The number of hydrogen-bond acceptors (Lipinski definition) is 2. The van der Waals surface area contributed by atoms with Gasteiger partial charge < -0.3 is 9.84 Å². The van der Waals surface area contributed by atoms with Gasteiger partial charge in [-0.2, -0.15) is 0 Å². The lowest BCUT2D eigenvalue weighted by Gasteiger charge is -2.01. The third kappa shape index (κ3) is 1.42. The highest BCUT2D eigenvalue weighted by Crippen LogP contribution is 2.27. The minimum atomic E-state index is 0.103. The first-order valence-corrected chi connectivity index (χ1v) is 3.47. The second-order valence-electron chi connectivity index (χ2n) is 1.73. The molecule has 10 heavy (non-hydrogen) atoms. The van der Waals surface area contributed by atoms with Gasteiger partial charge in [0.1, 0.15) is 0 Å². The molecule has 2 nitrogen and oxygen atoms in total. The van der Waals surface area contributed by atoms with Crippen LogP contribution in [-0.2, 0) is 0 Å². The quantitative estimate of drug-likeness (QED) is 0.754. The maximum Gasteiger partial charge on any atom is 0.161 e. The van der Waals surface area contributed by atoms with Crippen molar-refractivity contribution in [3.05, 3.63) is 22.7 Å². The molecule has 1 rings (SSSR count). The smallest absolute Gasteiger partial charge is 0.161 e. The Kier molecular flexibility index (Phi) is 2.17. The van der Waals surface area contributed by atoms with Crippen LogP contribution in [0.2, 0.25) is 0 Å². The standard InChI is InChI=1S/C7H6BrO2/c1-10-7-4-5(8)2-3-6(7)9/h3-4,9H,1H3. The molecule has 0 amide bonds. The summed E-state index contributed by atoms with van der Waals surface area (Å²) in [4.78, 5) is 0. The Bertz CT molecular complexity index is 235. The molecule has 1 aromatic rings. The van der Waals surface area contributed by atoms with Gasteiger partial charge in [0.05, 0.1) is 7.11 Å². The Hall–Kier alpha value is -0.700. The second-order valence-corrected chi connectivity index (χ2v) is 2.59. The van der Waals surface area contributed by atoms with Crippen molar-refractivity contribution in [1.82, 2.24) is 0 Å². The fourth-order valence-corrected chi connectivity index (χ4v) is 0.925. The van der Waals surface area contributed by atoms with E-state index in [1.54, 1.807) is 6.07 Å². The topological polar surface area (TPSA) is 29.5 Å². The van der Waals surface area contributed by atoms with Crippen molar-refractivity contribution in [1.29, 1.82) is 0 Å². The van der Waals surface area contributed by atoms with Crippen LogP contribution < -0.4 is 4.74 Å². The Morgan fingerprint density at radius 3 is 2.90 bits per heavy atom. The minimum Gasteiger partial charge on any atom is -0.504 e. The van der Waals surface area contributed by atoms with Gasteiger partial charge in [-0.25, -0.2) is 0 Å². The second kappa shape index (κ2) is 2.92. The largest absolute Gasteiger partial charge is 0.504 e. The first kappa shape index (κ1) is 7.41. The highest BCUT2D eigenvalue weighted by Gasteiger charge is 1.99. The summed E-state index contributed by atoms with van der Waals surface area (Å²) < 4.78 is 5.59. The van der Waals surface area contributed by atoms with Crippen LogP contribution in [0.3, 0.4) is 0 Å². The predicted octanol–water partition coefficient (Wildman–Crippen LogP) is 1.96. The van der Waals surface area contributed by atoms with E-state index in [-0.39, 0.29) is 5.75 Å². The number of phenolic OH excluding ortho intramolecular Hbond substituents is 1. The molecule has 1 aromatic carbocycles. The molecule has 0 spiro atoms. The lowest BCUT2D eigenvalue weighted by molar-refractivity contribution is 0.373. The summed E-state index contributed by atoms with van der Waals surface area (Å²) in [5.74, 6) is 0.552. The average Bonchev–Trinajstić information content (AvgIpc) is 1.94. The van der Waals surface area contributed by atoms with Gasteiger partial charge in [0.2, 0.25) is 0 Å². The van der Waals surface area contributed by atoms with Gasteiger partial charge in [0.25, 0.3) is 0 Å². The first-order chi connectivity index (χ1) is 4.74. The highest BCUT2D eigenvalue weighted by atomic mass is 79.9. The minimum absolute atomic E-state index is 0.103. The van der Waals surface area contributed by atoms with Gasteiger partial charge in [-0.05, 0) is 12.1 Å². The Morgan fingerprint density at radius 1 is 1.70 bits per heavy atom. The molecule has 0 unspecified atom stereocenters. The number of benzene rings is 1. The third-order valence-corrected chi connectivity index (χ3v) is 1.53. The number of halogens is 1. The average molecular weight is 202 g/mol. The fraction of sp³-hybridized carbons (Fsp3) is 0.143. The highest BCUT2D eigenvalue weighted by molar-refractivity contribution is 9.10. The summed E-state index contributed by atoms with van der Waals surface area (Å²) in [6.07, 6.45) is 0. The van der Waals surface area contributed by atoms with Crippen molar-refractivity contribution in [2.75, 3.05) is 7.11 Å². The number of rotatable bonds is 1. The van der Waals surface area contributed by atoms with Crippen LogP contribution in [0, 0.1) is 6.07 Å². The normalized spacial score (nSPS) is 9.40. The van der Waals surface area contributed by atoms with Crippen molar-refractivity contribution in [3.8, 4) is 11.5 Å². The molecule has 0 aliphatic carbocycles. The summed E-state index contributed by atoms with van der Waals surface area (Å²) in [6, 6.07) is 5.86. The summed E-state index contributed by atoms with van der Waals surface area (Å²) in [7, 11) is 1.50.